The minimum absolute atomic E-state index is 0.205. The third-order valence-corrected chi connectivity index (χ3v) is 4.21. The van der Waals surface area contributed by atoms with Crippen LogP contribution < -0.4 is 11.5 Å². The number of hydrogen-bond donors (Lipinski definition) is 4. The first-order chi connectivity index (χ1) is 10.1. The van der Waals surface area contributed by atoms with Crippen LogP contribution in [0.2, 0.25) is 0 Å². The van der Waals surface area contributed by atoms with Crippen LogP contribution in [-0.4, -0.2) is 35.0 Å². The second-order valence-electron chi connectivity index (χ2n) is 6.28. The van der Waals surface area contributed by atoms with Gasteiger partial charge in [0.05, 0.1) is 12.2 Å². The van der Waals surface area contributed by atoms with Crippen LogP contribution in [0.4, 0.5) is 0 Å². The van der Waals surface area contributed by atoms with E-state index in [9.17, 15) is 10.2 Å². The summed E-state index contributed by atoms with van der Waals surface area (Å²) in [5.41, 5.74) is 11.0. The van der Waals surface area contributed by atoms with Crippen molar-refractivity contribution in [3.8, 4) is 0 Å². The second kappa shape index (κ2) is 14.8. The standard InChI is InChI=1S/C17H38N2O2/c1-2-3-4-5-6-7-8-9-10-11-12-13-16(20)17(21)15(19)14-18/h15-17,20-21H,2-14,18-19H2,1H3/t15-,16+,17-/m0/s1. The summed E-state index contributed by atoms with van der Waals surface area (Å²) in [4.78, 5) is 0. The lowest BCUT2D eigenvalue weighted by molar-refractivity contribution is 0.0000425. The van der Waals surface area contributed by atoms with Crippen molar-refractivity contribution in [1.82, 2.24) is 0 Å². The molecule has 0 heterocycles. The topological polar surface area (TPSA) is 92.5 Å². The van der Waals surface area contributed by atoms with E-state index in [0.29, 0.717) is 6.42 Å². The first-order valence-electron chi connectivity index (χ1n) is 8.95. The largest absolute Gasteiger partial charge is 0.390 e. The molecule has 0 bridgehead atoms. The molecule has 0 aliphatic heterocycles. The Balaban J connectivity index is 3.28. The molecule has 4 nitrogen and oxygen atoms in total. The summed E-state index contributed by atoms with van der Waals surface area (Å²) in [6.07, 6.45) is 13.1. The van der Waals surface area contributed by atoms with Crippen LogP contribution in [0.1, 0.15) is 84.0 Å². The Morgan fingerprint density at radius 1 is 0.762 bits per heavy atom. The molecule has 21 heavy (non-hydrogen) atoms. The van der Waals surface area contributed by atoms with E-state index in [1.165, 1.54) is 57.8 Å². The molecule has 0 aliphatic rings. The van der Waals surface area contributed by atoms with E-state index in [2.05, 4.69) is 6.92 Å². The van der Waals surface area contributed by atoms with Gasteiger partial charge >= 0.3 is 0 Å². The summed E-state index contributed by atoms with van der Waals surface area (Å²) < 4.78 is 0. The predicted octanol–water partition coefficient (Wildman–Crippen LogP) is 2.70. The molecule has 0 unspecified atom stereocenters. The first kappa shape index (κ1) is 20.8. The zero-order chi connectivity index (χ0) is 15.9. The van der Waals surface area contributed by atoms with Gasteiger partial charge in [0.25, 0.3) is 0 Å². The van der Waals surface area contributed by atoms with Gasteiger partial charge in [-0.15, -0.1) is 0 Å². The number of aliphatic hydroxyl groups is 2. The second-order valence-corrected chi connectivity index (χ2v) is 6.28. The highest BCUT2D eigenvalue weighted by atomic mass is 16.3. The van der Waals surface area contributed by atoms with E-state index >= 15 is 0 Å². The van der Waals surface area contributed by atoms with Gasteiger partial charge in [0.1, 0.15) is 0 Å². The van der Waals surface area contributed by atoms with Gasteiger partial charge in [-0.1, -0.05) is 77.6 Å². The van der Waals surface area contributed by atoms with Crippen molar-refractivity contribution in [3.05, 3.63) is 0 Å². The monoisotopic (exact) mass is 302 g/mol. The Morgan fingerprint density at radius 2 is 1.19 bits per heavy atom. The van der Waals surface area contributed by atoms with Crippen LogP contribution >= 0.6 is 0 Å². The molecule has 0 spiro atoms. The van der Waals surface area contributed by atoms with E-state index in [0.717, 1.165) is 12.8 Å². The van der Waals surface area contributed by atoms with Crippen LogP contribution in [0.3, 0.4) is 0 Å². The van der Waals surface area contributed by atoms with E-state index < -0.39 is 18.2 Å². The minimum Gasteiger partial charge on any atom is -0.390 e. The molecule has 0 radical (unpaired) electrons. The van der Waals surface area contributed by atoms with Crippen LogP contribution in [0.25, 0.3) is 0 Å². The lowest BCUT2D eigenvalue weighted by atomic mass is 9.99. The van der Waals surface area contributed by atoms with Crippen LogP contribution in [0, 0.1) is 0 Å². The summed E-state index contributed by atoms with van der Waals surface area (Å²) in [6, 6.07) is -0.521. The molecule has 0 amide bonds. The first-order valence-corrected chi connectivity index (χ1v) is 8.95. The zero-order valence-corrected chi connectivity index (χ0v) is 14.0. The highest BCUT2D eigenvalue weighted by Crippen LogP contribution is 2.13. The molecular formula is C17H38N2O2. The van der Waals surface area contributed by atoms with Gasteiger partial charge in [0, 0.05) is 12.6 Å². The summed E-state index contributed by atoms with van der Waals surface area (Å²) in [5, 5.41) is 19.5. The molecule has 0 aromatic heterocycles. The van der Waals surface area contributed by atoms with E-state index in [1.54, 1.807) is 0 Å². The Bertz CT molecular complexity index is 215. The van der Waals surface area contributed by atoms with Gasteiger partial charge in [-0.05, 0) is 6.42 Å². The minimum atomic E-state index is -0.891. The van der Waals surface area contributed by atoms with Crippen molar-refractivity contribution >= 4 is 0 Å². The molecule has 4 heteroatoms. The fourth-order valence-electron chi connectivity index (χ4n) is 2.61. The Hall–Kier alpha value is -0.160. The molecule has 0 saturated heterocycles. The van der Waals surface area contributed by atoms with E-state index in [-0.39, 0.29) is 6.54 Å². The third-order valence-electron chi connectivity index (χ3n) is 4.21. The molecule has 0 aliphatic carbocycles. The lowest BCUT2D eigenvalue weighted by Crippen LogP contribution is -2.47. The fourth-order valence-corrected chi connectivity index (χ4v) is 2.61. The predicted molar refractivity (Wildman–Crippen MR) is 90.1 cm³/mol. The van der Waals surface area contributed by atoms with Crippen molar-refractivity contribution in [2.24, 2.45) is 11.5 Å². The van der Waals surface area contributed by atoms with Crippen molar-refractivity contribution in [2.75, 3.05) is 6.54 Å². The summed E-state index contributed by atoms with van der Waals surface area (Å²) in [6.45, 7) is 2.45. The quantitative estimate of drug-likeness (QED) is 0.350. The molecule has 0 fully saturated rings. The number of nitrogens with two attached hydrogens (primary N) is 2. The Morgan fingerprint density at radius 3 is 1.62 bits per heavy atom. The SMILES string of the molecule is CCCCCCCCCCCCC[C@@H](O)[C@@H](O)[C@@H](N)CN. The summed E-state index contributed by atoms with van der Waals surface area (Å²) in [7, 11) is 0. The highest BCUT2D eigenvalue weighted by Gasteiger charge is 2.21. The average molecular weight is 303 g/mol. The summed E-state index contributed by atoms with van der Waals surface area (Å²) in [5.74, 6) is 0. The van der Waals surface area contributed by atoms with Gasteiger partial charge in [-0.3, -0.25) is 0 Å². The highest BCUT2D eigenvalue weighted by molar-refractivity contribution is 4.79. The number of aliphatic hydroxyl groups excluding tert-OH is 2. The number of rotatable bonds is 15. The molecule has 0 rings (SSSR count). The molecule has 0 aromatic carbocycles. The van der Waals surface area contributed by atoms with Crippen molar-refractivity contribution in [1.29, 1.82) is 0 Å². The van der Waals surface area contributed by atoms with Crippen molar-refractivity contribution < 1.29 is 10.2 Å². The molecule has 128 valence electrons. The normalized spacial score (nSPS) is 15.9. The maximum absolute atomic E-state index is 9.78. The smallest absolute Gasteiger partial charge is 0.0961 e. The maximum Gasteiger partial charge on any atom is 0.0961 e. The Kier molecular flexibility index (Phi) is 14.7. The van der Waals surface area contributed by atoms with Gasteiger partial charge in [0.15, 0.2) is 0 Å². The summed E-state index contributed by atoms with van der Waals surface area (Å²) >= 11 is 0. The molecule has 0 aromatic rings. The van der Waals surface area contributed by atoms with E-state index in [4.69, 9.17) is 11.5 Å². The van der Waals surface area contributed by atoms with Gasteiger partial charge in [0.2, 0.25) is 0 Å². The number of hydrogen-bond acceptors (Lipinski definition) is 4. The van der Waals surface area contributed by atoms with Crippen molar-refractivity contribution in [3.63, 3.8) is 0 Å². The average Bonchev–Trinajstić information content (AvgIpc) is 2.50. The number of unbranched alkanes of at least 4 members (excludes halogenated alkanes) is 10. The lowest BCUT2D eigenvalue weighted by Gasteiger charge is -2.22. The molecule has 0 saturated carbocycles. The van der Waals surface area contributed by atoms with Crippen LogP contribution in [-0.2, 0) is 0 Å². The Labute approximate surface area is 131 Å². The van der Waals surface area contributed by atoms with Crippen LogP contribution in [0.5, 0.6) is 0 Å². The van der Waals surface area contributed by atoms with Gasteiger partial charge in [-0.25, -0.2) is 0 Å². The maximum atomic E-state index is 9.78. The van der Waals surface area contributed by atoms with Gasteiger partial charge in [-0.2, -0.15) is 0 Å². The fraction of sp³-hybridized carbons (Fsp3) is 1.00. The van der Waals surface area contributed by atoms with E-state index in [1.807, 2.05) is 0 Å². The molecule has 3 atom stereocenters. The van der Waals surface area contributed by atoms with Gasteiger partial charge < -0.3 is 21.7 Å². The zero-order valence-electron chi connectivity index (χ0n) is 14.0. The third kappa shape index (κ3) is 12.1. The molecular weight excluding hydrogens is 264 g/mol. The van der Waals surface area contributed by atoms with Crippen LogP contribution in [0.15, 0.2) is 0 Å². The molecule has 6 N–H and O–H groups in total. The van der Waals surface area contributed by atoms with Crippen molar-refractivity contribution in [2.45, 2.75) is 102 Å².